The molecule has 1 aromatic carbocycles. The lowest BCUT2D eigenvalue weighted by molar-refractivity contribution is -0.117. The maximum Gasteiger partial charge on any atom is 0.225 e. The fourth-order valence-corrected chi connectivity index (χ4v) is 3.37. The first-order valence-electron chi connectivity index (χ1n) is 8.46. The first-order valence-corrected chi connectivity index (χ1v) is 8.46. The van der Waals surface area contributed by atoms with E-state index < -0.39 is 0 Å². The third-order valence-electron chi connectivity index (χ3n) is 4.53. The average molecular weight is 312 g/mol. The number of primary amides is 1. The summed E-state index contributed by atoms with van der Waals surface area (Å²) >= 11 is 0. The van der Waals surface area contributed by atoms with Gasteiger partial charge in [-0.25, -0.2) is 9.67 Å². The number of nitrogens with zero attached hydrogens (tertiary/aromatic N) is 3. The molecule has 1 atom stereocenters. The molecule has 0 bridgehead atoms. The van der Waals surface area contributed by atoms with Gasteiger partial charge in [0.05, 0.1) is 6.42 Å². The van der Waals surface area contributed by atoms with E-state index in [9.17, 15) is 4.79 Å². The van der Waals surface area contributed by atoms with Gasteiger partial charge in [-0.3, -0.25) is 4.79 Å². The number of hydrogen-bond donors (Lipinski definition) is 1. The summed E-state index contributed by atoms with van der Waals surface area (Å²) in [6.07, 6.45) is 5.47. The van der Waals surface area contributed by atoms with Crippen LogP contribution in [-0.2, 0) is 30.6 Å². The van der Waals surface area contributed by atoms with Gasteiger partial charge in [-0.1, -0.05) is 37.6 Å². The van der Waals surface area contributed by atoms with Crippen LogP contribution in [0.4, 0.5) is 0 Å². The molecule has 1 unspecified atom stereocenters. The summed E-state index contributed by atoms with van der Waals surface area (Å²) in [5.74, 6) is 1.65. The van der Waals surface area contributed by atoms with Crippen LogP contribution >= 0.6 is 0 Å². The van der Waals surface area contributed by atoms with Crippen LogP contribution in [0.2, 0.25) is 0 Å². The van der Waals surface area contributed by atoms with Crippen molar-refractivity contribution in [2.75, 3.05) is 0 Å². The molecule has 1 amide bonds. The molecule has 0 saturated carbocycles. The highest BCUT2D eigenvalue weighted by Gasteiger charge is 2.24. The normalized spacial score (nSPS) is 16.5. The molecule has 2 aromatic rings. The van der Waals surface area contributed by atoms with Crippen molar-refractivity contribution in [2.45, 2.75) is 57.9 Å². The summed E-state index contributed by atoms with van der Waals surface area (Å²) in [4.78, 5) is 15.7. The van der Waals surface area contributed by atoms with Gasteiger partial charge in [0.2, 0.25) is 5.91 Å². The number of aromatic nitrogens is 3. The SMILES string of the molecule is CCCCn1nc(CC(N)=O)nc1CC1CCc2ccccc21. The van der Waals surface area contributed by atoms with E-state index in [-0.39, 0.29) is 12.3 Å². The summed E-state index contributed by atoms with van der Waals surface area (Å²) < 4.78 is 1.97. The smallest absolute Gasteiger partial charge is 0.225 e. The van der Waals surface area contributed by atoms with Crippen LogP contribution in [0.25, 0.3) is 0 Å². The van der Waals surface area contributed by atoms with E-state index in [1.807, 2.05) is 4.68 Å². The van der Waals surface area contributed by atoms with Crippen LogP contribution < -0.4 is 5.73 Å². The first kappa shape index (κ1) is 15.7. The van der Waals surface area contributed by atoms with Crippen LogP contribution in [-0.4, -0.2) is 20.7 Å². The molecule has 1 aliphatic rings. The zero-order valence-electron chi connectivity index (χ0n) is 13.7. The third-order valence-corrected chi connectivity index (χ3v) is 4.53. The third kappa shape index (κ3) is 3.60. The number of fused-ring (bicyclic) bond motifs is 1. The quantitative estimate of drug-likeness (QED) is 0.853. The number of aryl methyl sites for hydroxylation is 2. The molecule has 1 aromatic heterocycles. The average Bonchev–Trinajstić information content (AvgIpc) is 3.10. The summed E-state index contributed by atoms with van der Waals surface area (Å²) in [5, 5.41) is 4.49. The van der Waals surface area contributed by atoms with Gasteiger partial charge in [-0.2, -0.15) is 5.10 Å². The molecule has 1 heterocycles. The predicted octanol–water partition coefficient (Wildman–Crippen LogP) is 2.38. The van der Waals surface area contributed by atoms with Crippen molar-refractivity contribution in [3.05, 3.63) is 47.0 Å². The van der Waals surface area contributed by atoms with Crippen LogP contribution in [0, 0.1) is 0 Å². The Morgan fingerprint density at radius 2 is 2.22 bits per heavy atom. The first-order chi connectivity index (χ1) is 11.2. The molecule has 0 aliphatic heterocycles. The Kier molecular flexibility index (Phi) is 4.74. The molecule has 0 spiro atoms. The van der Waals surface area contributed by atoms with E-state index in [4.69, 9.17) is 5.73 Å². The number of nitrogens with two attached hydrogens (primary N) is 1. The van der Waals surface area contributed by atoms with E-state index in [1.165, 1.54) is 11.1 Å². The Morgan fingerprint density at radius 3 is 3.00 bits per heavy atom. The van der Waals surface area contributed by atoms with Gasteiger partial charge in [0.25, 0.3) is 0 Å². The fourth-order valence-electron chi connectivity index (χ4n) is 3.37. The number of carbonyl (C=O) groups is 1. The monoisotopic (exact) mass is 312 g/mol. The second-order valence-electron chi connectivity index (χ2n) is 6.30. The minimum absolute atomic E-state index is 0.118. The Balaban J connectivity index is 1.81. The van der Waals surface area contributed by atoms with E-state index in [0.717, 1.165) is 44.5 Å². The zero-order chi connectivity index (χ0) is 16.2. The molecule has 5 heteroatoms. The molecule has 122 valence electrons. The van der Waals surface area contributed by atoms with Gasteiger partial charge < -0.3 is 5.73 Å². The number of benzene rings is 1. The van der Waals surface area contributed by atoms with E-state index in [1.54, 1.807) is 0 Å². The molecule has 0 fully saturated rings. The van der Waals surface area contributed by atoms with Gasteiger partial charge in [0.15, 0.2) is 5.82 Å². The molecule has 5 nitrogen and oxygen atoms in total. The van der Waals surface area contributed by atoms with Crippen molar-refractivity contribution in [3.63, 3.8) is 0 Å². The summed E-state index contributed by atoms with van der Waals surface area (Å²) in [6.45, 7) is 3.01. The summed E-state index contributed by atoms with van der Waals surface area (Å²) in [6, 6.07) is 8.66. The molecule has 23 heavy (non-hydrogen) atoms. The highest BCUT2D eigenvalue weighted by molar-refractivity contribution is 5.75. The minimum atomic E-state index is -0.379. The van der Waals surface area contributed by atoms with Gasteiger partial charge in [-0.15, -0.1) is 0 Å². The van der Waals surface area contributed by atoms with E-state index >= 15 is 0 Å². The lowest BCUT2D eigenvalue weighted by Gasteiger charge is -2.12. The number of carbonyl (C=O) groups excluding carboxylic acids is 1. The van der Waals surface area contributed by atoms with Crippen LogP contribution in [0.15, 0.2) is 24.3 Å². The van der Waals surface area contributed by atoms with Crippen molar-refractivity contribution in [2.24, 2.45) is 5.73 Å². The van der Waals surface area contributed by atoms with Crippen molar-refractivity contribution in [1.82, 2.24) is 14.8 Å². The largest absolute Gasteiger partial charge is 0.369 e. The summed E-state index contributed by atoms with van der Waals surface area (Å²) in [7, 11) is 0. The number of rotatable bonds is 7. The highest BCUT2D eigenvalue weighted by Crippen LogP contribution is 2.35. The Bertz CT molecular complexity index is 692. The van der Waals surface area contributed by atoms with Gasteiger partial charge in [-0.05, 0) is 36.3 Å². The second kappa shape index (κ2) is 6.94. The van der Waals surface area contributed by atoms with E-state index in [2.05, 4.69) is 41.3 Å². The van der Waals surface area contributed by atoms with Crippen LogP contribution in [0.1, 0.15) is 54.9 Å². The maximum absolute atomic E-state index is 11.1. The molecule has 1 aliphatic carbocycles. The Hall–Kier alpha value is -2.17. The summed E-state index contributed by atoms with van der Waals surface area (Å²) in [5.41, 5.74) is 8.17. The molecular weight excluding hydrogens is 288 g/mol. The van der Waals surface area contributed by atoms with Crippen molar-refractivity contribution < 1.29 is 4.79 Å². The van der Waals surface area contributed by atoms with Gasteiger partial charge in [0.1, 0.15) is 5.82 Å². The molecular formula is C18H24N4O. The predicted molar refractivity (Wildman–Crippen MR) is 89.0 cm³/mol. The van der Waals surface area contributed by atoms with Crippen LogP contribution in [0.3, 0.4) is 0 Å². The molecule has 0 saturated heterocycles. The molecule has 3 rings (SSSR count). The number of unbranched alkanes of at least 4 members (excludes halogenated alkanes) is 1. The number of amides is 1. The van der Waals surface area contributed by atoms with Crippen molar-refractivity contribution in [3.8, 4) is 0 Å². The second-order valence-corrected chi connectivity index (χ2v) is 6.30. The van der Waals surface area contributed by atoms with Crippen molar-refractivity contribution >= 4 is 5.91 Å². The zero-order valence-corrected chi connectivity index (χ0v) is 13.7. The Morgan fingerprint density at radius 1 is 1.39 bits per heavy atom. The lowest BCUT2D eigenvalue weighted by atomic mass is 9.97. The standard InChI is InChI=1S/C18H24N4O/c1-2-3-10-22-18(20-17(21-22)12-16(19)23)11-14-9-8-13-6-4-5-7-15(13)14/h4-7,14H,2-3,8-12H2,1H3,(H2,19,23). The number of hydrogen-bond acceptors (Lipinski definition) is 3. The fraction of sp³-hybridized carbons (Fsp3) is 0.500. The van der Waals surface area contributed by atoms with E-state index in [0.29, 0.717) is 11.7 Å². The topological polar surface area (TPSA) is 73.8 Å². The minimum Gasteiger partial charge on any atom is -0.369 e. The Labute approximate surface area is 136 Å². The highest BCUT2D eigenvalue weighted by atomic mass is 16.1. The van der Waals surface area contributed by atoms with Crippen LogP contribution in [0.5, 0.6) is 0 Å². The maximum atomic E-state index is 11.1. The van der Waals surface area contributed by atoms with Gasteiger partial charge >= 0.3 is 0 Å². The molecule has 2 N–H and O–H groups in total. The lowest BCUT2D eigenvalue weighted by Crippen LogP contribution is -2.14. The molecule has 0 radical (unpaired) electrons. The van der Waals surface area contributed by atoms with Gasteiger partial charge in [0, 0.05) is 13.0 Å². The van der Waals surface area contributed by atoms with Crippen molar-refractivity contribution in [1.29, 1.82) is 0 Å².